The Bertz CT molecular complexity index is 1280. The summed E-state index contributed by atoms with van der Waals surface area (Å²) < 4.78 is 6.60. The summed E-state index contributed by atoms with van der Waals surface area (Å²) in [5, 5.41) is 24.6. The summed E-state index contributed by atoms with van der Waals surface area (Å²) in [7, 11) is 0. The SMILES string of the molecule is Oc1ccc2c3c1OC1c4[nH]c5ccccc5c4CC4(O)[C@H](C2)N(CC2CC2)CCC314. The Balaban J connectivity index is 1.43. The number of aromatic hydroxyl groups is 1. The number of rotatable bonds is 2. The Labute approximate surface area is 180 Å². The molecule has 0 amide bonds. The molecule has 1 aromatic heterocycles. The van der Waals surface area contributed by atoms with Crippen molar-refractivity contribution in [2.24, 2.45) is 5.92 Å². The van der Waals surface area contributed by atoms with Crippen LogP contribution in [0.4, 0.5) is 0 Å². The van der Waals surface area contributed by atoms with Gasteiger partial charge in [0.05, 0.1) is 16.7 Å². The van der Waals surface area contributed by atoms with Gasteiger partial charge < -0.3 is 19.9 Å². The Kier molecular flexibility index (Phi) is 2.91. The number of likely N-dealkylation sites (tertiary alicyclic amines) is 1. The van der Waals surface area contributed by atoms with Gasteiger partial charge >= 0.3 is 0 Å². The third-order valence-corrected chi connectivity index (χ3v) is 9.07. The fourth-order valence-electron chi connectivity index (χ4n) is 7.57. The molecule has 8 rings (SSSR count). The molecule has 31 heavy (non-hydrogen) atoms. The third-order valence-electron chi connectivity index (χ3n) is 9.07. The van der Waals surface area contributed by atoms with Crippen LogP contribution in [0.3, 0.4) is 0 Å². The van der Waals surface area contributed by atoms with Crippen molar-refractivity contribution in [2.45, 2.75) is 55.3 Å². The van der Waals surface area contributed by atoms with Crippen LogP contribution < -0.4 is 4.74 Å². The molecule has 4 atom stereocenters. The van der Waals surface area contributed by atoms with E-state index in [9.17, 15) is 10.2 Å². The zero-order chi connectivity index (χ0) is 20.5. The van der Waals surface area contributed by atoms with Crippen molar-refractivity contribution in [1.29, 1.82) is 0 Å². The molecule has 1 spiro atoms. The standard InChI is InChI=1S/C26H26N2O3/c29-19-8-7-15-11-20-26(30)12-17-16-3-1-2-4-18(16)27-22(17)24-25(26,21(15)23(19)31-24)9-10-28(20)13-14-5-6-14/h1-4,7-8,14,20,24,27,29-30H,5-6,9-13H2/t20-,24?,25?,26?/m0/s1. The third kappa shape index (κ3) is 1.84. The molecule has 3 unspecified atom stereocenters. The van der Waals surface area contributed by atoms with Gasteiger partial charge in [-0.15, -0.1) is 0 Å². The molecule has 3 N–H and O–H groups in total. The summed E-state index contributed by atoms with van der Waals surface area (Å²) in [5.74, 6) is 1.58. The molecule has 158 valence electrons. The highest BCUT2D eigenvalue weighted by Crippen LogP contribution is 2.69. The van der Waals surface area contributed by atoms with Crippen LogP contribution in [-0.2, 0) is 18.3 Å². The van der Waals surface area contributed by atoms with E-state index in [4.69, 9.17) is 4.74 Å². The lowest BCUT2D eigenvalue weighted by Crippen LogP contribution is -2.74. The molecule has 0 radical (unpaired) electrons. The number of H-pyrrole nitrogens is 1. The minimum Gasteiger partial charge on any atom is -0.504 e. The molecule has 5 aliphatic rings. The largest absolute Gasteiger partial charge is 0.504 e. The molecule has 2 fully saturated rings. The number of para-hydroxylation sites is 1. The van der Waals surface area contributed by atoms with Gasteiger partial charge in [0.15, 0.2) is 17.6 Å². The number of phenols is 1. The molecule has 2 aromatic carbocycles. The molecule has 1 saturated carbocycles. The number of hydrogen-bond acceptors (Lipinski definition) is 4. The maximum atomic E-state index is 12.7. The molecule has 2 bridgehead atoms. The molecule has 2 aliphatic heterocycles. The zero-order valence-electron chi connectivity index (χ0n) is 17.4. The van der Waals surface area contributed by atoms with Crippen molar-refractivity contribution in [3.8, 4) is 11.5 Å². The molecule has 5 heteroatoms. The topological polar surface area (TPSA) is 68.7 Å². The molecule has 3 heterocycles. The zero-order valence-corrected chi connectivity index (χ0v) is 17.4. The number of nitrogens with one attached hydrogen (secondary N) is 1. The lowest BCUT2D eigenvalue weighted by Gasteiger charge is -2.62. The predicted molar refractivity (Wildman–Crippen MR) is 117 cm³/mol. The number of aromatic amines is 1. The molecular formula is C26H26N2O3. The van der Waals surface area contributed by atoms with Gasteiger partial charge in [0.1, 0.15) is 0 Å². The second-order valence-corrected chi connectivity index (χ2v) is 10.5. The van der Waals surface area contributed by atoms with Gasteiger partial charge in [0.2, 0.25) is 0 Å². The van der Waals surface area contributed by atoms with E-state index in [0.717, 1.165) is 48.6 Å². The van der Waals surface area contributed by atoms with Gasteiger partial charge in [-0.1, -0.05) is 24.3 Å². The molecule has 3 aliphatic carbocycles. The summed E-state index contributed by atoms with van der Waals surface area (Å²) >= 11 is 0. The normalized spacial score (nSPS) is 35.0. The minimum absolute atomic E-state index is 0.0813. The lowest BCUT2D eigenvalue weighted by molar-refractivity contribution is -0.173. The Morgan fingerprint density at radius 1 is 1.16 bits per heavy atom. The Hall–Kier alpha value is -2.50. The van der Waals surface area contributed by atoms with E-state index < -0.39 is 11.0 Å². The highest BCUT2D eigenvalue weighted by molar-refractivity contribution is 5.86. The fourth-order valence-corrected chi connectivity index (χ4v) is 7.57. The van der Waals surface area contributed by atoms with Crippen LogP contribution in [-0.4, -0.2) is 44.8 Å². The maximum Gasteiger partial charge on any atom is 0.166 e. The number of phenolic OH excluding ortho intramolecular Hbond substituents is 1. The number of benzene rings is 2. The van der Waals surface area contributed by atoms with Crippen LogP contribution in [0.2, 0.25) is 0 Å². The number of piperidine rings is 1. The maximum absolute atomic E-state index is 12.7. The van der Waals surface area contributed by atoms with E-state index in [-0.39, 0.29) is 17.9 Å². The quantitative estimate of drug-likeness (QED) is 0.600. The van der Waals surface area contributed by atoms with Gasteiger partial charge in [-0.25, -0.2) is 0 Å². The van der Waals surface area contributed by atoms with Gasteiger partial charge in [-0.2, -0.15) is 0 Å². The summed E-state index contributed by atoms with van der Waals surface area (Å²) in [6.45, 7) is 2.07. The van der Waals surface area contributed by atoms with Crippen LogP contribution in [0.15, 0.2) is 36.4 Å². The van der Waals surface area contributed by atoms with Gasteiger partial charge in [-0.05, 0) is 61.4 Å². The van der Waals surface area contributed by atoms with Crippen molar-refractivity contribution < 1.29 is 14.9 Å². The van der Waals surface area contributed by atoms with E-state index in [1.54, 1.807) is 6.07 Å². The smallest absolute Gasteiger partial charge is 0.166 e. The van der Waals surface area contributed by atoms with E-state index in [1.807, 2.05) is 6.07 Å². The van der Waals surface area contributed by atoms with Crippen molar-refractivity contribution in [2.75, 3.05) is 13.1 Å². The Morgan fingerprint density at radius 3 is 2.90 bits per heavy atom. The van der Waals surface area contributed by atoms with Crippen LogP contribution in [0, 0.1) is 5.92 Å². The van der Waals surface area contributed by atoms with Crippen LogP contribution >= 0.6 is 0 Å². The first-order valence-electron chi connectivity index (χ1n) is 11.7. The highest BCUT2D eigenvalue weighted by Gasteiger charge is 2.72. The van der Waals surface area contributed by atoms with Gasteiger partial charge in [0.25, 0.3) is 0 Å². The van der Waals surface area contributed by atoms with Gasteiger partial charge in [0, 0.05) is 35.5 Å². The van der Waals surface area contributed by atoms with Crippen molar-refractivity contribution >= 4 is 10.9 Å². The molecule has 3 aromatic rings. The Morgan fingerprint density at radius 2 is 2.03 bits per heavy atom. The van der Waals surface area contributed by atoms with E-state index in [0.29, 0.717) is 12.2 Å². The fraction of sp³-hybridized carbons (Fsp3) is 0.462. The highest BCUT2D eigenvalue weighted by atomic mass is 16.5. The lowest BCUT2D eigenvalue weighted by atomic mass is 9.49. The number of hydrogen-bond donors (Lipinski definition) is 3. The van der Waals surface area contributed by atoms with Crippen molar-refractivity contribution in [3.63, 3.8) is 0 Å². The van der Waals surface area contributed by atoms with E-state index in [1.165, 1.54) is 29.4 Å². The number of fused-ring (bicyclic) bond motifs is 4. The first-order chi connectivity index (χ1) is 15.1. The summed E-state index contributed by atoms with van der Waals surface area (Å²) in [6.07, 6.45) is 4.66. The summed E-state index contributed by atoms with van der Waals surface area (Å²) in [6, 6.07) is 12.3. The first-order valence-corrected chi connectivity index (χ1v) is 11.7. The molecule has 5 nitrogen and oxygen atoms in total. The molecular weight excluding hydrogens is 388 g/mol. The van der Waals surface area contributed by atoms with Crippen molar-refractivity contribution in [1.82, 2.24) is 9.88 Å². The second-order valence-electron chi connectivity index (χ2n) is 10.5. The molecule has 1 saturated heterocycles. The van der Waals surface area contributed by atoms with Crippen LogP contribution in [0.1, 0.15) is 47.8 Å². The summed E-state index contributed by atoms with van der Waals surface area (Å²) in [4.78, 5) is 6.22. The van der Waals surface area contributed by atoms with Crippen LogP contribution in [0.5, 0.6) is 11.5 Å². The van der Waals surface area contributed by atoms with Crippen molar-refractivity contribution in [3.05, 3.63) is 58.8 Å². The monoisotopic (exact) mass is 414 g/mol. The summed E-state index contributed by atoms with van der Waals surface area (Å²) in [5.41, 5.74) is 4.27. The predicted octanol–water partition coefficient (Wildman–Crippen LogP) is 3.57. The number of ether oxygens (including phenoxy) is 1. The average molecular weight is 415 g/mol. The minimum atomic E-state index is -0.908. The van der Waals surface area contributed by atoms with E-state index >= 15 is 0 Å². The van der Waals surface area contributed by atoms with Crippen LogP contribution in [0.25, 0.3) is 10.9 Å². The van der Waals surface area contributed by atoms with E-state index in [2.05, 4.69) is 34.1 Å². The number of aromatic nitrogens is 1. The second kappa shape index (κ2) is 5.28. The number of nitrogens with zero attached hydrogens (tertiary/aromatic N) is 1. The number of aliphatic hydroxyl groups is 1. The first kappa shape index (κ1) is 17.1. The van der Waals surface area contributed by atoms with Gasteiger partial charge in [-0.3, -0.25) is 4.90 Å². The average Bonchev–Trinajstić information content (AvgIpc) is 3.40.